The summed E-state index contributed by atoms with van der Waals surface area (Å²) in [4.78, 5) is 38.4. The molecule has 1 saturated carbocycles. The van der Waals surface area contributed by atoms with Crippen molar-refractivity contribution in [3.8, 4) is 0 Å². The van der Waals surface area contributed by atoms with E-state index in [1.54, 1.807) is 6.92 Å². The van der Waals surface area contributed by atoms with Crippen molar-refractivity contribution in [2.45, 2.75) is 38.3 Å². The summed E-state index contributed by atoms with van der Waals surface area (Å²) in [6, 6.07) is 13.2. The largest absolute Gasteiger partial charge is 0.348 e. The van der Waals surface area contributed by atoms with Crippen LogP contribution < -0.4 is 10.6 Å². The van der Waals surface area contributed by atoms with Gasteiger partial charge in [-0.3, -0.25) is 14.5 Å². The number of nitrogens with zero attached hydrogens (tertiary/aromatic N) is 1. The second-order valence-electron chi connectivity index (χ2n) is 7.66. The molecule has 0 unspecified atom stereocenters. The zero-order valence-electron chi connectivity index (χ0n) is 15.5. The third-order valence-electron chi connectivity index (χ3n) is 5.66. The summed E-state index contributed by atoms with van der Waals surface area (Å²) in [5.41, 5.74) is 0.139. The number of imide groups is 1. The number of rotatable bonds is 5. The van der Waals surface area contributed by atoms with Crippen LogP contribution in [0.3, 0.4) is 0 Å². The molecule has 2 aromatic carbocycles. The normalized spacial score (nSPS) is 23.4. The lowest BCUT2D eigenvalue weighted by Crippen LogP contribution is -2.47. The molecule has 0 spiro atoms. The highest BCUT2D eigenvalue weighted by Crippen LogP contribution is 2.42. The quantitative estimate of drug-likeness (QED) is 0.800. The smallest absolute Gasteiger partial charge is 0.325 e. The fraction of sp³-hybridized carbons (Fsp3) is 0.381. The SMILES string of the molecule is C[C@H](NC(=O)CN1C(=O)N[C@](C)(C2CC2)C1=O)c1cccc2ccccc12. The molecule has 4 amide bonds. The Morgan fingerprint density at radius 1 is 1.22 bits per heavy atom. The molecule has 6 heteroatoms. The number of carbonyl (C=O) groups is 3. The molecule has 2 N–H and O–H groups in total. The Morgan fingerprint density at radius 2 is 1.93 bits per heavy atom. The number of hydrogen-bond donors (Lipinski definition) is 2. The van der Waals surface area contributed by atoms with Gasteiger partial charge in [-0.15, -0.1) is 0 Å². The minimum atomic E-state index is -0.862. The number of carbonyl (C=O) groups excluding carboxylic acids is 3. The van der Waals surface area contributed by atoms with Crippen LogP contribution in [-0.4, -0.2) is 34.8 Å². The fourth-order valence-electron chi connectivity index (χ4n) is 3.93. The second-order valence-corrected chi connectivity index (χ2v) is 7.66. The van der Waals surface area contributed by atoms with Crippen molar-refractivity contribution in [1.29, 1.82) is 0 Å². The topological polar surface area (TPSA) is 78.5 Å². The first-order valence-electron chi connectivity index (χ1n) is 9.31. The first kappa shape index (κ1) is 17.5. The molecule has 27 heavy (non-hydrogen) atoms. The van der Waals surface area contributed by atoms with Crippen molar-refractivity contribution in [1.82, 2.24) is 15.5 Å². The van der Waals surface area contributed by atoms with E-state index in [-0.39, 0.29) is 30.3 Å². The van der Waals surface area contributed by atoms with Crippen LogP contribution in [0.15, 0.2) is 42.5 Å². The van der Waals surface area contributed by atoms with Crippen molar-refractivity contribution in [3.05, 3.63) is 48.0 Å². The number of hydrogen-bond acceptors (Lipinski definition) is 3. The summed E-state index contributed by atoms with van der Waals surface area (Å²) in [5.74, 6) is -0.474. The monoisotopic (exact) mass is 365 g/mol. The van der Waals surface area contributed by atoms with Crippen LogP contribution in [0.25, 0.3) is 10.8 Å². The maximum absolute atomic E-state index is 12.6. The van der Waals surface area contributed by atoms with Gasteiger partial charge in [0.1, 0.15) is 12.1 Å². The minimum Gasteiger partial charge on any atom is -0.348 e. The van der Waals surface area contributed by atoms with Gasteiger partial charge in [0.2, 0.25) is 5.91 Å². The summed E-state index contributed by atoms with van der Waals surface area (Å²) >= 11 is 0. The predicted molar refractivity (Wildman–Crippen MR) is 102 cm³/mol. The van der Waals surface area contributed by atoms with Crippen LogP contribution >= 0.6 is 0 Å². The lowest BCUT2D eigenvalue weighted by atomic mass is 9.96. The van der Waals surface area contributed by atoms with Gasteiger partial charge in [0, 0.05) is 0 Å². The van der Waals surface area contributed by atoms with Crippen molar-refractivity contribution in [2.24, 2.45) is 5.92 Å². The highest BCUT2D eigenvalue weighted by atomic mass is 16.2. The lowest BCUT2D eigenvalue weighted by Gasteiger charge is -2.21. The highest BCUT2D eigenvalue weighted by Gasteiger charge is 2.56. The van der Waals surface area contributed by atoms with Crippen molar-refractivity contribution < 1.29 is 14.4 Å². The number of urea groups is 1. The zero-order valence-corrected chi connectivity index (χ0v) is 15.5. The Kier molecular flexibility index (Phi) is 4.13. The molecule has 6 nitrogen and oxygen atoms in total. The number of nitrogens with one attached hydrogen (secondary N) is 2. The molecule has 1 aliphatic carbocycles. The standard InChI is InChI=1S/C21H23N3O3/c1-13(16-9-5-7-14-6-3-4-8-17(14)16)22-18(25)12-24-19(26)21(2,15-10-11-15)23-20(24)27/h3-9,13,15H,10-12H2,1-2H3,(H,22,25)(H,23,27)/t13-,21+/m0/s1. The van der Waals surface area contributed by atoms with Gasteiger partial charge in [0.05, 0.1) is 6.04 Å². The van der Waals surface area contributed by atoms with E-state index in [4.69, 9.17) is 0 Å². The van der Waals surface area contributed by atoms with Gasteiger partial charge in [-0.1, -0.05) is 42.5 Å². The first-order chi connectivity index (χ1) is 12.9. The van der Waals surface area contributed by atoms with Crippen LogP contribution in [0, 0.1) is 5.92 Å². The van der Waals surface area contributed by atoms with E-state index in [0.29, 0.717) is 0 Å². The average molecular weight is 365 g/mol. The Morgan fingerprint density at radius 3 is 2.67 bits per heavy atom. The maximum atomic E-state index is 12.6. The summed E-state index contributed by atoms with van der Waals surface area (Å²) in [5, 5.41) is 7.86. The molecule has 1 heterocycles. The van der Waals surface area contributed by atoms with E-state index in [0.717, 1.165) is 34.1 Å². The summed E-state index contributed by atoms with van der Waals surface area (Å²) in [6.45, 7) is 3.39. The molecule has 4 rings (SSSR count). The Bertz CT molecular complexity index is 932. The van der Waals surface area contributed by atoms with Gasteiger partial charge in [-0.25, -0.2) is 4.79 Å². The average Bonchev–Trinajstić information content (AvgIpc) is 3.47. The van der Waals surface area contributed by atoms with Crippen molar-refractivity contribution >= 4 is 28.6 Å². The molecule has 2 aliphatic rings. The third kappa shape index (κ3) is 3.05. The van der Waals surface area contributed by atoms with E-state index in [2.05, 4.69) is 10.6 Å². The fourth-order valence-corrected chi connectivity index (χ4v) is 3.93. The van der Waals surface area contributed by atoms with Gasteiger partial charge in [-0.05, 0) is 48.9 Å². The zero-order chi connectivity index (χ0) is 19.2. The van der Waals surface area contributed by atoms with Gasteiger partial charge in [0.25, 0.3) is 5.91 Å². The van der Waals surface area contributed by atoms with Crippen molar-refractivity contribution in [3.63, 3.8) is 0 Å². The van der Waals surface area contributed by atoms with Crippen LogP contribution in [0.2, 0.25) is 0 Å². The number of benzene rings is 2. The van der Waals surface area contributed by atoms with Crippen LogP contribution in [-0.2, 0) is 9.59 Å². The maximum Gasteiger partial charge on any atom is 0.325 e. The van der Waals surface area contributed by atoms with Gasteiger partial charge in [0.15, 0.2) is 0 Å². The molecule has 2 atom stereocenters. The second kappa shape index (κ2) is 6.37. The van der Waals surface area contributed by atoms with Gasteiger partial charge < -0.3 is 10.6 Å². The lowest BCUT2D eigenvalue weighted by molar-refractivity contribution is -0.135. The molecule has 1 saturated heterocycles. The predicted octanol–water partition coefficient (Wildman–Crippen LogP) is 2.74. The molecule has 2 fully saturated rings. The Labute approximate surface area is 157 Å². The van der Waals surface area contributed by atoms with E-state index < -0.39 is 11.6 Å². The molecule has 0 radical (unpaired) electrons. The van der Waals surface area contributed by atoms with Crippen molar-refractivity contribution in [2.75, 3.05) is 6.54 Å². The van der Waals surface area contributed by atoms with Gasteiger partial charge >= 0.3 is 6.03 Å². The number of fused-ring (bicyclic) bond motifs is 1. The third-order valence-corrected chi connectivity index (χ3v) is 5.66. The minimum absolute atomic E-state index is 0.177. The molecule has 0 aromatic heterocycles. The van der Waals surface area contributed by atoms with Crippen LogP contribution in [0.1, 0.15) is 38.3 Å². The van der Waals surface area contributed by atoms with Gasteiger partial charge in [-0.2, -0.15) is 0 Å². The summed E-state index contributed by atoms with van der Waals surface area (Å²) in [7, 11) is 0. The molecular formula is C21H23N3O3. The Hall–Kier alpha value is -2.89. The van der Waals surface area contributed by atoms with Crippen LogP contribution in [0.5, 0.6) is 0 Å². The first-order valence-corrected chi connectivity index (χ1v) is 9.31. The summed E-state index contributed by atoms with van der Waals surface area (Å²) in [6.07, 6.45) is 1.86. The highest BCUT2D eigenvalue weighted by molar-refractivity contribution is 6.09. The molecule has 140 valence electrons. The molecular weight excluding hydrogens is 342 g/mol. The van der Waals surface area contributed by atoms with E-state index in [1.165, 1.54) is 0 Å². The summed E-state index contributed by atoms with van der Waals surface area (Å²) < 4.78 is 0. The molecule has 1 aliphatic heterocycles. The molecule has 0 bridgehead atoms. The van der Waals surface area contributed by atoms with Crippen LogP contribution in [0.4, 0.5) is 4.79 Å². The van der Waals surface area contributed by atoms with E-state index in [9.17, 15) is 14.4 Å². The van der Waals surface area contributed by atoms with E-state index >= 15 is 0 Å². The number of amides is 4. The Balaban J connectivity index is 1.46. The van der Waals surface area contributed by atoms with E-state index in [1.807, 2.05) is 49.4 Å². The molecule has 2 aromatic rings.